The largest absolute Gasteiger partial charge is 0.356 e. The van der Waals surface area contributed by atoms with Crippen molar-refractivity contribution >= 4 is 11.9 Å². The van der Waals surface area contributed by atoms with Crippen LogP contribution in [0, 0.1) is 0 Å². The summed E-state index contributed by atoms with van der Waals surface area (Å²) in [4.78, 5) is 15.8. The summed E-state index contributed by atoms with van der Waals surface area (Å²) in [5.41, 5.74) is 1.19. The number of carbonyl (C=O) groups excluding carboxylic acids is 1. The van der Waals surface area contributed by atoms with Gasteiger partial charge in [0.2, 0.25) is 5.91 Å². The van der Waals surface area contributed by atoms with Crippen LogP contribution in [-0.2, 0) is 11.3 Å². The number of carbonyl (C=O) groups is 1. The summed E-state index contributed by atoms with van der Waals surface area (Å²) in [6.45, 7) is 5.33. The van der Waals surface area contributed by atoms with Crippen LogP contribution in [0.25, 0.3) is 0 Å². The van der Waals surface area contributed by atoms with Crippen molar-refractivity contribution in [1.29, 1.82) is 0 Å². The summed E-state index contributed by atoms with van der Waals surface area (Å²) in [6, 6.07) is 10.3. The van der Waals surface area contributed by atoms with Crippen molar-refractivity contribution in [2.75, 3.05) is 13.6 Å². The van der Waals surface area contributed by atoms with E-state index in [2.05, 4.69) is 40.0 Å². The number of hydrogen-bond donors (Lipinski definition) is 3. The van der Waals surface area contributed by atoms with E-state index in [0.29, 0.717) is 25.5 Å². The number of benzene rings is 1. The molecule has 0 aromatic heterocycles. The molecule has 0 heterocycles. The SMILES string of the molecule is CCC(C)NC(=O)CCNC(=NC)NCc1ccccc1. The Bertz CT molecular complexity index is 445. The molecule has 0 spiro atoms. The van der Waals surface area contributed by atoms with Gasteiger partial charge in [0.05, 0.1) is 0 Å². The van der Waals surface area contributed by atoms with E-state index in [0.717, 1.165) is 6.42 Å². The molecule has 5 heteroatoms. The number of amides is 1. The lowest BCUT2D eigenvalue weighted by molar-refractivity contribution is -0.121. The van der Waals surface area contributed by atoms with Gasteiger partial charge < -0.3 is 16.0 Å². The Balaban J connectivity index is 2.24. The minimum Gasteiger partial charge on any atom is -0.356 e. The number of nitrogens with zero attached hydrogens (tertiary/aromatic N) is 1. The van der Waals surface area contributed by atoms with Crippen molar-refractivity contribution in [3.63, 3.8) is 0 Å². The third-order valence-corrected chi connectivity index (χ3v) is 3.19. The van der Waals surface area contributed by atoms with Crippen LogP contribution in [0.5, 0.6) is 0 Å². The van der Waals surface area contributed by atoms with Gasteiger partial charge in [-0.15, -0.1) is 0 Å². The smallest absolute Gasteiger partial charge is 0.221 e. The standard InChI is InChI=1S/C16H26N4O/c1-4-13(2)20-15(21)10-11-18-16(17-3)19-12-14-8-6-5-7-9-14/h5-9,13H,4,10-12H2,1-3H3,(H,20,21)(H2,17,18,19). The molecule has 0 fully saturated rings. The molecule has 0 aliphatic rings. The number of hydrogen-bond acceptors (Lipinski definition) is 2. The summed E-state index contributed by atoms with van der Waals surface area (Å²) in [7, 11) is 1.72. The lowest BCUT2D eigenvalue weighted by Gasteiger charge is -2.13. The maximum absolute atomic E-state index is 11.7. The maximum Gasteiger partial charge on any atom is 0.221 e. The Morgan fingerprint density at radius 1 is 1.24 bits per heavy atom. The van der Waals surface area contributed by atoms with Gasteiger partial charge in [-0.05, 0) is 18.9 Å². The van der Waals surface area contributed by atoms with Crippen molar-refractivity contribution in [2.45, 2.75) is 39.3 Å². The Kier molecular flexibility index (Phi) is 7.94. The number of rotatable bonds is 7. The van der Waals surface area contributed by atoms with Gasteiger partial charge in [-0.1, -0.05) is 37.3 Å². The first-order chi connectivity index (χ1) is 10.2. The van der Waals surface area contributed by atoms with Crippen LogP contribution in [0.3, 0.4) is 0 Å². The second-order valence-corrected chi connectivity index (χ2v) is 4.96. The van der Waals surface area contributed by atoms with Gasteiger partial charge in [-0.2, -0.15) is 0 Å². The van der Waals surface area contributed by atoms with E-state index in [1.807, 2.05) is 25.1 Å². The zero-order valence-electron chi connectivity index (χ0n) is 13.1. The Labute approximate surface area is 127 Å². The molecule has 0 bridgehead atoms. The molecule has 116 valence electrons. The molecule has 0 saturated carbocycles. The van der Waals surface area contributed by atoms with Gasteiger partial charge in [-0.3, -0.25) is 9.79 Å². The van der Waals surface area contributed by atoms with E-state index in [-0.39, 0.29) is 11.9 Å². The topological polar surface area (TPSA) is 65.5 Å². The molecule has 1 amide bonds. The molecule has 0 aliphatic heterocycles. The third-order valence-electron chi connectivity index (χ3n) is 3.19. The molecular formula is C16H26N4O. The fourth-order valence-electron chi connectivity index (χ4n) is 1.75. The van der Waals surface area contributed by atoms with E-state index >= 15 is 0 Å². The van der Waals surface area contributed by atoms with Gasteiger partial charge in [0.15, 0.2) is 5.96 Å². The first-order valence-electron chi connectivity index (χ1n) is 7.43. The average Bonchev–Trinajstić information content (AvgIpc) is 2.51. The molecule has 5 nitrogen and oxygen atoms in total. The summed E-state index contributed by atoms with van der Waals surface area (Å²) >= 11 is 0. The van der Waals surface area contributed by atoms with Crippen LogP contribution in [0.2, 0.25) is 0 Å². The normalized spacial score (nSPS) is 12.6. The molecule has 0 saturated heterocycles. The highest BCUT2D eigenvalue weighted by Gasteiger charge is 2.05. The summed E-state index contributed by atoms with van der Waals surface area (Å²) in [5, 5.41) is 9.30. The van der Waals surface area contributed by atoms with Crippen LogP contribution >= 0.6 is 0 Å². The highest BCUT2D eigenvalue weighted by molar-refractivity contribution is 5.81. The van der Waals surface area contributed by atoms with E-state index in [1.165, 1.54) is 5.56 Å². The van der Waals surface area contributed by atoms with Crippen molar-refractivity contribution in [3.05, 3.63) is 35.9 Å². The molecule has 0 aliphatic carbocycles. The highest BCUT2D eigenvalue weighted by atomic mass is 16.1. The molecule has 21 heavy (non-hydrogen) atoms. The Hall–Kier alpha value is -2.04. The average molecular weight is 290 g/mol. The minimum absolute atomic E-state index is 0.0652. The predicted molar refractivity (Wildman–Crippen MR) is 87.2 cm³/mol. The monoisotopic (exact) mass is 290 g/mol. The number of aliphatic imine (C=N–C) groups is 1. The molecule has 1 atom stereocenters. The summed E-state index contributed by atoms with van der Waals surface area (Å²) < 4.78 is 0. The molecule has 1 aromatic carbocycles. The predicted octanol–water partition coefficient (Wildman–Crippen LogP) is 1.66. The lowest BCUT2D eigenvalue weighted by Crippen LogP contribution is -2.40. The van der Waals surface area contributed by atoms with Gasteiger partial charge in [-0.25, -0.2) is 0 Å². The number of nitrogens with one attached hydrogen (secondary N) is 3. The zero-order chi connectivity index (χ0) is 15.5. The Morgan fingerprint density at radius 3 is 2.57 bits per heavy atom. The number of guanidine groups is 1. The van der Waals surface area contributed by atoms with Gasteiger partial charge in [0, 0.05) is 32.6 Å². The van der Waals surface area contributed by atoms with Gasteiger partial charge in [0.1, 0.15) is 0 Å². The lowest BCUT2D eigenvalue weighted by atomic mass is 10.2. The molecule has 1 unspecified atom stereocenters. The van der Waals surface area contributed by atoms with Crippen molar-refractivity contribution in [1.82, 2.24) is 16.0 Å². The van der Waals surface area contributed by atoms with Crippen LogP contribution in [0.15, 0.2) is 35.3 Å². The van der Waals surface area contributed by atoms with Crippen molar-refractivity contribution in [3.8, 4) is 0 Å². The highest BCUT2D eigenvalue weighted by Crippen LogP contribution is 1.96. The quantitative estimate of drug-likeness (QED) is 0.528. The third kappa shape index (κ3) is 7.34. The second kappa shape index (κ2) is 9.80. The van der Waals surface area contributed by atoms with Crippen molar-refractivity contribution < 1.29 is 4.79 Å². The fourth-order valence-corrected chi connectivity index (χ4v) is 1.75. The molecule has 3 N–H and O–H groups in total. The van der Waals surface area contributed by atoms with Crippen LogP contribution in [0.4, 0.5) is 0 Å². The first kappa shape index (κ1) is 17.0. The second-order valence-electron chi connectivity index (χ2n) is 4.96. The van der Waals surface area contributed by atoms with E-state index < -0.39 is 0 Å². The first-order valence-corrected chi connectivity index (χ1v) is 7.43. The van der Waals surface area contributed by atoms with E-state index in [9.17, 15) is 4.79 Å². The summed E-state index contributed by atoms with van der Waals surface area (Å²) in [5.74, 6) is 0.769. The maximum atomic E-state index is 11.7. The minimum atomic E-state index is 0.0652. The molecule has 1 aromatic rings. The van der Waals surface area contributed by atoms with E-state index in [1.54, 1.807) is 7.05 Å². The molecule has 0 radical (unpaired) electrons. The molecular weight excluding hydrogens is 264 g/mol. The van der Waals surface area contributed by atoms with Crippen LogP contribution in [0.1, 0.15) is 32.3 Å². The van der Waals surface area contributed by atoms with Crippen LogP contribution < -0.4 is 16.0 Å². The summed E-state index contributed by atoms with van der Waals surface area (Å²) in [6.07, 6.45) is 1.38. The van der Waals surface area contributed by atoms with Crippen molar-refractivity contribution in [2.24, 2.45) is 4.99 Å². The van der Waals surface area contributed by atoms with Gasteiger partial charge >= 0.3 is 0 Å². The van der Waals surface area contributed by atoms with E-state index in [4.69, 9.17) is 0 Å². The Morgan fingerprint density at radius 2 is 1.95 bits per heavy atom. The fraction of sp³-hybridized carbons (Fsp3) is 0.500. The van der Waals surface area contributed by atoms with Crippen LogP contribution in [-0.4, -0.2) is 31.5 Å². The zero-order valence-corrected chi connectivity index (χ0v) is 13.1. The van der Waals surface area contributed by atoms with Gasteiger partial charge in [0.25, 0.3) is 0 Å². The molecule has 1 rings (SSSR count).